The smallest absolute Gasteiger partial charge is 0.416 e. The average molecular weight is 354 g/mol. The fraction of sp³-hybridized carbons (Fsp3) is 0.188. The molecule has 0 spiro atoms. The molecular weight excluding hydrogens is 341 g/mol. The van der Waals surface area contributed by atoms with Crippen molar-refractivity contribution in [2.75, 3.05) is 11.9 Å². The summed E-state index contributed by atoms with van der Waals surface area (Å²) in [5.74, 6) is -0.576. The van der Waals surface area contributed by atoms with Gasteiger partial charge in [-0.2, -0.15) is 13.2 Å². The van der Waals surface area contributed by atoms with Crippen molar-refractivity contribution in [2.45, 2.75) is 13.1 Å². The number of nitrogens with zero attached hydrogens (tertiary/aromatic N) is 1. The zero-order valence-electron chi connectivity index (χ0n) is 13.0. The molecule has 0 unspecified atom stereocenters. The number of nitro benzene ring substituents is 1. The van der Waals surface area contributed by atoms with Crippen LogP contribution in [0.2, 0.25) is 0 Å². The van der Waals surface area contributed by atoms with Crippen LogP contribution in [0, 0.1) is 10.1 Å². The van der Waals surface area contributed by atoms with E-state index in [1.807, 2.05) is 0 Å². The molecule has 0 amide bonds. The van der Waals surface area contributed by atoms with Gasteiger partial charge in [-0.05, 0) is 37.3 Å². The van der Waals surface area contributed by atoms with Crippen LogP contribution in [0.3, 0.4) is 0 Å². The lowest BCUT2D eigenvalue weighted by Gasteiger charge is -2.11. The fourth-order valence-electron chi connectivity index (χ4n) is 2.06. The molecule has 0 saturated carbocycles. The van der Waals surface area contributed by atoms with E-state index in [1.165, 1.54) is 24.3 Å². The zero-order chi connectivity index (χ0) is 18.6. The Morgan fingerprint density at radius 1 is 1.24 bits per heavy atom. The average Bonchev–Trinajstić information content (AvgIpc) is 2.54. The van der Waals surface area contributed by atoms with Crippen LogP contribution in [0.4, 0.5) is 30.2 Å². The van der Waals surface area contributed by atoms with Gasteiger partial charge in [-0.1, -0.05) is 6.07 Å². The van der Waals surface area contributed by atoms with E-state index in [2.05, 4.69) is 5.32 Å². The summed E-state index contributed by atoms with van der Waals surface area (Å²) in [6.07, 6.45) is -4.69. The van der Waals surface area contributed by atoms with Crippen molar-refractivity contribution in [3.63, 3.8) is 0 Å². The van der Waals surface area contributed by atoms with Crippen molar-refractivity contribution in [3.8, 4) is 0 Å². The van der Waals surface area contributed by atoms with Crippen molar-refractivity contribution < 1.29 is 27.6 Å². The van der Waals surface area contributed by atoms with Crippen LogP contribution >= 0.6 is 0 Å². The third-order valence-electron chi connectivity index (χ3n) is 3.17. The molecule has 25 heavy (non-hydrogen) atoms. The van der Waals surface area contributed by atoms with Crippen molar-refractivity contribution in [1.82, 2.24) is 0 Å². The topological polar surface area (TPSA) is 81.5 Å². The summed E-state index contributed by atoms with van der Waals surface area (Å²) in [5, 5.41) is 13.7. The number of anilines is 2. The van der Waals surface area contributed by atoms with Crippen molar-refractivity contribution in [2.24, 2.45) is 0 Å². The fourth-order valence-corrected chi connectivity index (χ4v) is 2.06. The van der Waals surface area contributed by atoms with Gasteiger partial charge in [-0.3, -0.25) is 10.1 Å². The van der Waals surface area contributed by atoms with Gasteiger partial charge in [0.15, 0.2) is 0 Å². The lowest BCUT2D eigenvalue weighted by Crippen LogP contribution is -2.07. The number of nitro groups is 1. The van der Waals surface area contributed by atoms with Gasteiger partial charge in [0.25, 0.3) is 5.69 Å². The number of carbonyl (C=O) groups excluding carboxylic acids is 1. The lowest BCUT2D eigenvalue weighted by atomic mass is 10.1. The highest BCUT2D eigenvalue weighted by Crippen LogP contribution is 2.36. The summed E-state index contributed by atoms with van der Waals surface area (Å²) in [7, 11) is 0. The van der Waals surface area contributed by atoms with Gasteiger partial charge in [0.05, 0.1) is 22.7 Å². The largest absolute Gasteiger partial charge is 0.462 e. The second kappa shape index (κ2) is 7.20. The number of hydrogen-bond donors (Lipinski definition) is 1. The maximum absolute atomic E-state index is 12.7. The Morgan fingerprint density at radius 3 is 2.56 bits per heavy atom. The van der Waals surface area contributed by atoms with Crippen LogP contribution < -0.4 is 5.32 Å². The van der Waals surface area contributed by atoms with E-state index in [0.29, 0.717) is 11.8 Å². The zero-order valence-corrected chi connectivity index (χ0v) is 13.0. The molecule has 132 valence electrons. The molecule has 0 aromatic heterocycles. The number of benzene rings is 2. The van der Waals surface area contributed by atoms with Gasteiger partial charge in [0, 0.05) is 11.8 Å². The monoisotopic (exact) mass is 354 g/mol. The highest BCUT2D eigenvalue weighted by Gasteiger charge is 2.33. The van der Waals surface area contributed by atoms with Crippen LogP contribution in [-0.4, -0.2) is 17.5 Å². The first-order valence-electron chi connectivity index (χ1n) is 7.12. The quantitative estimate of drug-likeness (QED) is 0.484. The van der Waals surface area contributed by atoms with Gasteiger partial charge >= 0.3 is 12.1 Å². The molecule has 0 aliphatic heterocycles. The molecule has 0 aliphatic rings. The van der Waals surface area contributed by atoms with E-state index in [9.17, 15) is 28.1 Å². The van der Waals surface area contributed by atoms with Crippen LogP contribution in [0.5, 0.6) is 0 Å². The molecule has 0 bridgehead atoms. The van der Waals surface area contributed by atoms with Crippen molar-refractivity contribution in [1.29, 1.82) is 0 Å². The molecule has 0 atom stereocenters. The first kappa shape index (κ1) is 18.2. The third-order valence-corrected chi connectivity index (χ3v) is 3.17. The van der Waals surface area contributed by atoms with E-state index in [0.717, 1.165) is 12.1 Å². The number of carbonyl (C=O) groups is 1. The summed E-state index contributed by atoms with van der Waals surface area (Å²) in [4.78, 5) is 21.9. The summed E-state index contributed by atoms with van der Waals surface area (Å²) in [6, 6.07) is 8.08. The molecule has 0 radical (unpaired) electrons. The number of ether oxygens (including phenoxy) is 1. The molecule has 0 fully saturated rings. The Balaban J connectivity index is 2.35. The van der Waals surface area contributed by atoms with Crippen molar-refractivity contribution >= 4 is 23.0 Å². The van der Waals surface area contributed by atoms with Crippen LogP contribution in [0.15, 0.2) is 42.5 Å². The molecular formula is C16H13F3N2O4. The first-order valence-corrected chi connectivity index (χ1v) is 7.12. The number of hydrogen-bond acceptors (Lipinski definition) is 5. The number of halogens is 3. The predicted octanol–water partition coefficient (Wildman–Crippen LogP) is 4.53. The highest BCUT2D eigenvalue weighted by atomic mass is 19.4. The SMILES string of the molecule is CCOC(=O)c1cccc(Nc2ccc(C(F)(F)F)cc2[N+](=O)[O-])c1. The van der Waals surface area contributed by atoms with Crippen LogP contribution in [-0.2, 0) is 10.9 Å². The molecule has 2 rings (SSSR count). The standard InChI is InChI=1S/C16H13F3N2O4/c1-2-25-15(22)10-4-3-5-12(8-10)20-13-7-6-11(16(17,18)19)9-14(13)21(23)24/h3-9,20H,2H2,1H3. The minimum absolute atomic E-state index is 0.126. The van der Waals surface area contributed by atoms with E-state index in [-0.39, 0.29) is 17.9 Å². The molecule has 0 aliphatic carbocycles. The normalized spacial score (nSPS) is 11.0. The molecule has 6 nitrogen and oxygen atoms in total. The highest BCUT2D eigenvalue weighted by molar-refractivity contribution is 5.91. The van der Waals surface area contributed by atoms with E-state index >= 15 is 0 Å². The molecule has 1 N–H and O–H groups in total. The van der Waals surface area contributed by atoms with Crippen molar-refractivity contribution in [3.05, 3.63) is 63.7 Å². The van der Waals surface area contributed by atoms with Crippen LogP contribution in [0.1, 0.15) is 22.8 Å². The first-order chi connectivity index (χ1) is 11.7. The molecule has 9 heteroatoms. The van der Waals surface area contributed by atoms with E-state index in [1.54, 1.807) is 6.92 Å². The maximum atomic E-state index is 12.7. The second-order valence-corrected chi connectivity index (χ2v) is 4.91. The number of esters is 1. The number of rotatable bonds is 5. The van der Waals surface area contributed by atoms with Gasteiger partial charge in [-0.15, -0.1) is 0 Å². The lowest BCUT2D eigenvalue weighted by molar-refractivity contribution is -0.384. The molecule has 2 aromatic carbocycles. The Kier molecular flexibility index (Phi) is 5.26. The minimum Gasteiger partial charge on any atom is -0.462 e. The Morgan fingerprint density at radius 2 is 1.96 bits per heavy atom. The summed E-state index contributed by atoms with van der Waals surface area (Å²) < 4.78 is 43.0. The van der Waals surface area contributed by atoms with Crippen LogP contribution in [0.25, 0.3) is 0 Å². The van der Waals surface area contributed by atoms with Gasteiger partial charge in [0.2, 0.25) is 0 Å². The second-order valence-electron chi connectivity index (χ2n) is 4.91. The Hall–Kier alpha value is -3.10. The van der Waals surface area contributed by atoms with Gasteiger partial charge in [-0.25, -0.2) is 4.79 Å². The predicted molar refractivity (Wildman–Crippen MR) is 83.8 cm³/mol. The molecule has 2 aromatic rings. The van der Waals surface area contributed by atoms with Gasteiger partial charge in [0.1, 0.15) is 5.69 Å². The minimum atomic E-state index is -4.69. The Bertz CT molecular complexity index is 806. The van der Waals surface area contributed by atoms with Gasteiger partial charge < -0.3 is 10.1 Å². The summed E-state index contributed by atoms with van der Waals surface area (Å²) in [6.45, 7) is 1.83. The molecule has 0 saturated heterocycles. The maximum Gasteiger partial charge on any atom is 0.416 e. The summed E-state index contributed by atoms with van der Waals surface area (Å²) >= 11 is 0. The third kappa shape index (κ3) is 4.46. The number of nitrogens with one attached hydrogen (secondary N) is 1. The Labute approximate surface area is 140 Å². The number of alkyl halides is 3. The van der Waals surface area contributed by atoms with E-state index < -0.39 is 28.3 Å². The summed E-state index contributed by atoms with van der Waals surface area (Å²) in [5.41, 5.74) is -1.46. The van der Waals surface area contributed by atoms with E-state index in [4.69, 9.17) is 4.74 Å². The molecule has 0 heterocycles.